The van der Waals surface area contributed by atoms with Crippen molar-refractivity contribution < 1.29 is 45.3 Å². The molecule has 7 rings (SSSR count). The van der Waals surface area contributed by atoms with Crippen molar-refractivity contribution in [2.45, 2.75) is 43.4 Å². The highest BCUT2D eigenvalue weighted by Crippen LogP contribution is 2.44. The fourth-order valence-corrected chi connectivity index (χ4v) is 9.89. The van der Waals surface area contributed by atoms with Crippen LogP contribution >= 0.6 is 0 Å². The van der Waals surface area contributed by atoms with E-state index in [-0.39, 0.29) is 65.7 Å². The Morgan fingerprint density at radius 2 is 1.05 bits per heavy atom. The van der Waals surface area contributed by atoms with Gasteiger partial charge in [-0.25, -0.2) is 0 Å². The van der Waals surface area contributed by atoms with E-state index in [0.29, 0.717) is 33.4 Å². The van der Waals surface area contributed by atoms with E-state index in [9.17, 15) is 42.9 Å². The lowest BCUT2D eigenvalue weighted by Crippen LogP contribution is -2.13. The Kier molecular flexibility index (Phi) is 10.5. The zero-order chi connectivity index (χ0) is 43.3. The summed E-state index contributed by atoms with van der Waals surface area (Å²) >= 11 is 0. The minimum Gasteiger partial charge on any atom is -0.507 e. The van der Waals surface area contributed by atoms with Crippen LogP contribution in [-0.4, -0.2) is 39.3 Å². The van der Waals surface area contributed by atoms with E-state index >= 15 is 0 Å². The molecule has 0 aliphatic carbocycles. The van der Waals surface area contributed by atoms with Crippen LogP contribution in [0.3, 0.4) is 0 Å². The van der Waals surface area contributed by atoms with Crippen LogP contribution in [-0.2, 0) is 20.2 Å². The number of phenols is 3. The van der Waals surface area contributed by atoms with Gasteiger partial charge in [-0.2, -0.15) is 16.8 Å². The quantitative estimate of drug-likeness (QED) is 0.0667. The number of phenolic OH excluding ortho intramolecular Hbond substituents is 3. The van der Waals surface area contributed by atoms with Crippen LogP contribution in [0.2, 0.25) is 0 Å². The third kappa shape index (κ3) is 7.19. The van der Waals surface area contributed by atoms with Crippen molar-refractivity contribution in [3.8, 4) is 34.5 Å². The Morgan fingerprint density at radius 3 is 1.65 bits per heavy atom. The molecule has 7 aromatic carbocycles. The van der Waals surface area contributed by atoms with Crippen molar-refractivity contribution in [1.29, 1.82) is 10.8 Å². The molecule has 16 heteroatoms. The standard InChI is InChI=1S/C44H34N4O10S2/c1-23-17-28(18-24(2)41(23)49)40(27-13-16-36(37(21-27)56-5)57-60(54,55)39-22-35(48-46)43(51)32-10-7-6-9-30(32)39)29-19-25(3)44(26(4)20-29)58-59(52,53)38-12-8-11-33-31(38)14-15-34(47-45)42(33)50/h6-22,40H,1-5H3,(H-2,49,50,51)/p+2. The average molecular weight is 845 g/mol. The topological polar surface area (TPSA) is 213 Å². The second-order valence-corrected chi connectivity index (χ2v) is 17.2. The zero-order valence-corrected chi connectivity index (χ0v) is 34.3. The predicted molar refractivity (Wildman–Crippen MR) is 224 cm³/mol. The average Bonchev–Trinajstić information content (AvgIpc) is 3.22. The fourth-order valence-electron chi connectivity index (χ4n) is 7.46. The van der Waals surface area contributed by atoms with Crippen molar-refractivity contribution in [3.63, 3.8) is 0 Å². The van der Waals surface area contributed by atoms with Crippen LogP contribution in [0.5, 0.6) is 34.5 Å². The lowest BCUT2D eigenvalue weighted by atomic mass is 9.82. The van der Waals surface area contributed by atoms with Crippen molar-refractivity contribution >= 4 is 53.2 Å². The summed E-state index contributed by atoms with van der Waals surface area (Å²) in [5.41, 5.74) is 3.67. The third-order valence-corrected chi connectivity index (χ3v) is 12.8. The first-order chi connectivity index (χ1) is 28.5. The first kappa shape index (κ1) is 40.8. The molecule has 0 aliphatic heterocycles. The Hall–Kier alpha value is -7.40. The van der Waals surface area contributed by atoms with Gasteiger partial charge in [-0.15, -0.1) is 0 Å². The van der Waals surface area contributed by atoms with Gasteiger partial charge in [0, 0.05) is 33.5 Å². The largest absolute Gasteiger partial charge is 0.507 e. The van der Waals surface area contributed by atoms with Gasteiger partial charge in [0.05, 0.1) is 13.2 Å². The SMILES string of the molecule is COc1cc(C(c2cc(C)c(O)c(C)c2)c2cc(C)c(OS(=O)(=O)c3cccc4c(O)c([N+]#N)ccc34)c(C)c2)ccc1OS(=O)(=O)c1cc([N+]#N)c(O)c2ccccc12. The van der Waals surface area contributed by atoms with Gasteiger partial charge in [0.15, 0.2) is 21.5 Å². The number of fused-ring (bicyclic) bond motifs is 2. The molecule has 0 spiro atoms. The maximum Gasteiger partial charge on any atom is 0.428 e. The molecule has 0 saturated heterocycles. The number of methoxy groups -OCH3 is 1. The third-order valence-electron chi connectivity index (χ3n) is 10.3. The summed E-state index contributed by atoms with van der Waals surface area (Å²) in [6.07, 6.45) is 0. The zero-order valence-electron chi connectivity index (χ0n) is 32.7. The monoisotopic (exact) mass is 844 g/mol. The Labute approximate surface area is 345 Å². The summed E-state index contributed by atoms with van der Waals surface area (Å²) in [4.78, 5) is 5.51. The lowest BCUT2D eigenvalue weighted by Gasteiger charge is -2.24. The highest BCUT2D eigenvalue weighted by atomic mass is 32.2. The number of hydrogen-bond acceptors (Lipinski definition) is 12. The second kappa shape index (κ2) is 15.4. The molecule has 60 heavy (non-hydrogen) atoms. The summed E-state index contributed by atoms with van der Waals surface area (Å²) in [6, 6.07) is 26.0. The Bertz CT molecular complexity index is 3200. The summed E-state index contributed by atoms with van der Waals surface area (Å²) in [5.74, 6) is -1.32. The summed E-state index contributed by atoms with van der Waals surface area (Å²) in [5, 5.41) is 51.1. The lowest BCUT2D eigenvalue weighted by molar-refractivity contribution is 0.390. The van der Waals surface area contributed by atoms with Gasteiger partial charge < -0.3 is 28.4 Å². The van der Waals surface area contributed by atoms with Gasteiger partial charge >= 0.3 is 31.6 Å². The number of diazo groups is 2. The minimum absolute atomic E-state index is 0.0452. The molecule has 0 aromatic heterocycles. The number of aryl methyl sites for hydroxylation is 4. The first-order valence-corrected chi connectivity index (χ1v) is 21.0. The number of hydrogen-bond donors (Lipinski definition) is 3. The first-order valence-electron chi connectivity index (χ1n) is 18.2. The van der Waals surface area contributed by atoms with Gasteiger partial charge in [0.25, 0.3) is 0 Å². The van der Waals surface area contributed by atoms with Gasteiger partial charge in [0.1, 0.15) is 21.3 Å². The number of rotatable bonds is 10. The van der Waals surface area contributed by atoms with Crippen molar-refractivity contribution in [2.24, 2.45) is 0 Å². The van der Waals surface area contributed by atoms with Gasteiger partial charge in [-0.05, 0) is 90.9 Å². The summed E-state index contributed by atoms with van der Waals surface area (Å²) < 4.78 is 72.5. The second-order valence-electron chi connectivity index (χ2n) is 14.2. The molecule has 1 atom stereocenters. The summed E-state index contributed by atoms with van der Waals surface area (Å²) in [7, 11) is -7.76. The maximum absolute atomic E-state index is 13.9. The number of nitrogens with zero attached hydrogens (tertiary/aromatic N) is 4. The molecule has 0 heterocycles. The Morgan fingerprint density at radius 1 is 0.517 bits per heavy atom. The number of benzene rings is 7. The van der Waals surface area contributed by atoms with E-state index in [4.69, 9.17) is 13.1 Å². The van der Waals surface area contributed by atoms with Crippen LogP contribution in [0.15, 0.2) is 113 Å². The van der Waals surface area contributed by atoms with Crippen molar-refractivity contribution in [3.05, 3.63) is 152 Å². The molecule has 1 unspecified atom stereocenters. The minimum atomic E-state index is -4.62. The molecule has 14 nitrogen and oxygen atoms in total. The van der Waals surface area contributed by atoms with Gasteiger partial charge in [-0.1, -0.05) is 66.7 Å². The predicted octanol–water partition coefficient (Wildman–Crippen LogP) is 10.0. The normalized spacial score (nSPS) is 12.1. The number of aromatic hydroxyl groups is 3. The van der Waals surface area contributed by atoms with Crippen molar-refractivity contribution in [1.82, 2.24) is 0 Å². The van der Waals surface area contributed by atoms with E-state index in [1.807, 2.05) is 12.1 Å². The molecular weight excluding hydrogens is 809 g/mol. The number of ether oxygens (including phenoxy) is 1. The van der Waals surface area contributed by atoms with E-state index < -0.39 is 37.7 Å². The molecule has 0 saturated carbocycles. The van der Waals surface area contributed by atoms with Crippen LogP contribution in [0, 0.1) is 38.5 Å². The van der Waals surface area contributed by atoms with Crippen LogP contribution in [0.1, 0.15) is 44.9 Å². The fraction of sp³-hybridized carbons (Fsp3) is 0.136. The van der Waals surface area contributed by atoms with Crippen molar-refractivity contribution in [2.75, 3.05) is 7.11 Å². The molecular formula is C44H36N4O10S2+2. The highest BCUT2D eigenvalue weighted by molar-refractivity contribution is 7.87. The summed E-state index contributed by atoms with van der Waals surface area (Å²) in [6.45, 7) is 6.91. The Balaban J connectivity index is 1.31. The molecule has 0 amide bonds. The molecule has 7 aromatic rings. The molecule has 302 valence electrons. The molecule has 0 fully saturated rings. The smallest absolute Gasteiger partial charge is 0.428 e. The van der Waals surface area contributed by atoms with Crippen LogP contribution < -0.4 is 13.1 Å². The van der Waals surface area contributed by atoms with E-state index in [0.717, 1.165) is 11.6 Å². The van der Waals surface area contributed by atoms with E-state index in [1.54, 1.807) is 64.1 Å². The molecule has 3 N–H and O–H groups in total. The van der Waals surface area contributed by atoms with Gasteiger partial charge in [-0.3, -0.25) is 0 Å². The van der Waals surface area contributed by atoms with Crippen LogP contribution in [0.25, 0.3) is 31.5 Å². The van der Waals surface area contributed by atoms with Crippen LogP contribution in [0.4, 0.5) is 11.4 Å². The van der Waals surface area contributed by atoms with E-state index in [2.05, 4.69) is 9.95 Å². The molecule has 0 aliphatic rings. The highest BCUT2D eigenvalue weighted by Gasteiger charge is 2.31. The van der Waals surface area contributed by atoms with E-state index in [1.165, 1.54) is 55.6 Å². The molecule has 0 bridgehead atoms. The van der Waals surface area contributed by atoms with Gasteiger partial charge in [0.2, 0.25) is 22.3 Å². The maximum atomic E-state index is 13.9. The molecule has 0 radical (unpaired) electrons.